The third-order valence-corrected chi connectivity index (χ3v) is 24.0. The van der Waals surface area contributed by atoms with Crippen LogP contribution in [0.15, 0.2) is 72.9 Å². The number of H-pyrrole nitrogens is 1. The number of nitrogens with one attached hydrogen (secondary N) is 9. The molecule has 92 heavy (non-hydrogen) atoms. The van der Waals surface area contributed by atoms with Gasteiger partial charge in [-0.05, 0) is 165 Å². The summed E-state index contributed by atoms with van der Waals surface area (Å²) in [5.74, 6) is -11.0. The first-order valence-corrected chi connectivity index (χ1v) is 33.6. The van der Waals surface area contributed by atoms with Gasteiger partial charge in [0.1, 0.15) is 28.2 Å². The van der Waals surface area contributed by atoms with Crippen molar-refractivity contribution in [2.24, 2.45) is 17.3 Å². The van der Waals surface area contributed by atoms with Gasteiger partial charge in [0.05, 0.1) is 38.4 Å². The number of carbonyl (C=O) groups excluding carboxylic acids is 7. The van der Waals surface area contributed by atoms with E-state index >= 15 is 33.6 Å². The molecule has 2 heterocycles. The molecule has 0 aliphatic carbocycles. The largest absolute Gasteiger partial charge is 0.437 e. The van der Waals surface area contributed by atoms with Crippen LogP contribution in [0.5, 0.6) is 0 Å². The maximum absolute atomic E-state index is 16.6. The van der Waals surface area contributed by atoms with Gasteiger partial charge < -0.3 is 57.5 Å². The lowest BCUT2D eigenvalue weighted by Gasteiger charge is -2.48. The van der Waals surface area contributed by atoms with Crippen LogP contribution < -0.4 is 37.2 Å². The summed E-state index contributed by atoms with van der Waals surface area (Å²) < 4.78 is 48.5. The summed E-state index contributed by atoms with van der Waals surface area (Å²) >= 11 is 0. The number of nitrogens with zero attached hydrogens (tertiary/aromatic N) is 1. The van der Waals surface area contributed by atoms with E-state index < -0.39 is 151 Å². The minimum Gasteiger partial charge on any atom is -0.391 e. The Labute approximate surface area is 562 Å². The van der Waals surface area contributed by atoms with Crippen LogP contribution >= 0.6 is 21.6 Å². The number of aromatic amines is 1. The zero-order chi connectivity index (χ0) is 75.2. The van der Waals surface area contributed by atoms with Crippen LogP contribution in [0.25, 0.3) is 10.9 Å². The first kappa shape index (κ1) is 67.3. The number of amides is 7. The fourth-order valence-electron chi connectivity index (χ4n) is 11.9. The molecule has 22 heteroatoms. The lowest BCUT2D eigenvalue weighted by atomic mass is 9.66. The van der Waals surface area contributed by atoms with Crippen molar-refractivity contribution in [3.8, 4) is 0 Å². The van der Waals surface area contributed by atoms with E-state index in [9.17, 15) is 20.9 Å². The summed E-state index contributed by atoms with van der Waals surface area (Å²) in [5.41, 5.74) is 2.28. The van der Waals surface area contributed by atoms with Gasteiger partial charge in [0, 0.05) is 38.5 Å². The van der Waals surface area contributed by atoms with E-state index in [2.05, 4.69) is 36.9 Å². The van der Waals surface area contributed by atoms with Gasteiger partial charge in [0.2, 0.25) is 29.5 Å². The topological polar surface area (TPSA) is 307 Å². The summed E-state index contributed by atoms with van der Waals surface area (Å²) in [7, 11) is 3.12. The van der Waals surface area contributed by atoms with Crippen molar-refractivity contribution in [3.63, 3.8) is 0 Å². The van der Waals surface area contributed by atoms with E-state index in [1.165, 1.54) is 20.8 Å². The Kier molecular flexibility index (Phi) is 21.1. The number of hydrogen-bond acceptors (Lipinski definition) is 14. The summed E-state index contributed by atoms with van der Waals surface area (Å²) in [6, 6.07) is 10.2. The highest BCUT2D eigenvalue weighted by Crippen LogP contribution is 2.46. The first-order valence-electron chi connectivity index (χ1n) is 34.3. The molecule has 13 atom stereocenters. The zero-order valence-electron chi connectivity index (χ0n) is 63.8. The predicted octanol–water partition coefficient (Wildman–Crippen LogP) is 8.39. The van der Waals surface area contributed by atoms with Crippen LogP contribution in [0.1, 0.15) is 191 Å². The number of likely N-dealkylation sites (N-methyl/N-ethyl adjacent to an activating group) is 1. The second-order valence-corrected chi connectivity index (χ2v) is 31.5. The molecular weight excluding hydrogens is 1200 g/mol. The van der Waals surface area contributed by atoms with Gasteiger partial charge in [-0.25, -0.2) is 4.79 Å². The van der Waals surface area contributed by atoms with E-state index in [4.69, 9.17) is 8.22 Å². The fraction of sp³-hybridized carbons (Fsp3) is 0.614. The van der Waals surface area contributed by atoms with Crippen LogP contribution in [0, 0.1) is 43.6 Å². The quantitative estimate of drug-likeness (QED) is 0.0329. The van der Waals surface area contributed by atoms with Gasteiger partial charge in [-0.2, -0.15) is 0 Å². The highest BCUT2D eigenvalue weighted by Gasteiger charge is 2.58. The molecule has 4 unspecified atom stereocenters. The Balaban J connectivity index is 1.96. The van der Waals surface area contributed by atoms with Crippen LogP contribution in [0.2, 0.25) is 0 Å². The molecule has 0 saturated carbocycles. The molecular formula is C70H107N10O10S2+. The Morgan fingerprint density at radius 2 is 1.35 bits per heavy atom. The standard InChI is InChI=1S/C70H106N10O10S2/c1-38(2)63(11,12)35-42(6)67(19)59(86)76-55(65(15,16)90)58(85)80(71)51(56(83)74-54(45(9)81)46(10)82)37-91-92-66(17,18)70(22,79-60(87)68(20,72-23)44(8)48-33-27-25-30-40(48)4)61(88)75-53(43(7)47-32-26-24-29-39(47)3)57(84)77-69(21,62(89)78-67)64(13,14)49-36-73-50-34-28-31-41(5)52(49)50/h24-34,36,38,42-46,51,53-55,71-73,81-82,90H,35,37H2,1-23H3,(H5-,74,75,76,77,78,79,83,84,86,87,88,89)/p+1/t42?,43?,44?,45-,46?,51+,53+,54+,55-,67+,68-,69+,70-/m1/s1/i9D3,45D,46D,54D. The Morgan fingerprint density at radius 1 is 0.783 bits per heavy atom. The van der Waals surface area contributed by atoms with E-state index in [-0.39, 0.29) is 17.0 Å². The molecule has 1 fully saturated rings. The highest BCUT2D eigenvalue weighted by molar-refractivity contribution is 8.77. The highest BCUT2D eigenvalue weighted by atomic mass is 33.1. The van der Waals surface area contributed by atoms with Crippen molar-refractivity contribution in [1.82, 2.24) is 42.2 Å². The van der Waals surface area contributed by atoms with E-state index in [1.807, 2.05) is 110 Å². The van der Waals surface area contributed by atoms with Crippen molar-refractivity contribution >= 4 is 73.8 Å². The molecule has 12 N–H and O–H groups in total. The smallest absolute Gasteiger partial charge is 0.391 e. The molecule has 4 aromatic rings. The number of hydrogen-bond donors (Lipinski definition) is 12. The molecule has 1 saturated heterocycles. The number of fused-ring (bicyclic) bond motifs is 1. The average molecular weight is 1320 g/mol. The number of rotatable bonds is 18. The predicted molar refractivity (Wildman–Crippen MR) is 366 cm³/mol. The van der Waals surface area contributed by atoms with Crippen LogP contribution in [-0.4, -0.2) is 148 Å². The number of aliphatic hydroxyl groups is 3. The van der Waals surface area contributed by atoms with Crippen molar-refractivity contribution in [2.45, 2.75) is 245 Å². The Bertz CT molecular complexity index is 3680. The van der Waals surface area contributed by atoms with Crippen molar-refractivity contribution in [1.29, 1.82) is 5.53 Å². The van der Waals surface area contributed by atoms with Gasteiger partial charge in [-0.15, -0.1) is 0 Å². The number of aromatic nitrogens is 1. The van der Waals surface area contributed by atoms with Crippen LogP contribution in [0.3, 0.4) is 0 Å². The lowest BCUT2D eigenvalue weighted by Crippen LogP contribution is -2.74. The Morgan fingerprint density at radius 3 is 1.88 bits per heavy atom. The third-order valence-electron chi connectivity index (χ3n) is 20.6. The first-order chi connectivity index (χ1) is 44.4. The normalized spacial score (nSPS) is 27.7. The number of benzene rings is 3. The van der Waals surface area contributed by atoms with Gasteiger partial charge in [0.15, 0.2) is 6.04 Å². The van der Waals surface area contributed by atoms with E-state index in [1.54, 1.807) is 79.2 Å². The average Bonchev–Trinajstić information content (AvgIpc) is 1.18. The zero-order valence-corrected chi connectivity index (χ0v) is 59.5. The van der Waals surface area contributed by atoms with Gasteiger partial charge in [0.25, 0.3) is 11.9 Å². The molecule has 0 spiro atoms. The van der Waals surface area contributed by atoms with E-state index in [0.717, 1.165) is 52.3 Å². The molecule has 3 aromatic carbocycles. The maximum atomic E-state index is 16.6. The molecule has 1 aliphatic rings. The molecule has 5 rings (SSSR count). The SMILES string of the molecule is [2H]C([2H])([2H])[C@@]([2H])(O)[C@]([2H])(NC(=O)[C@@H]1CSSC(C)(C)[C@](C)(NC(=O)[C@](C)(NC)C(C)c2ccccc2C)C(=O)N[C@@H](C(C)c2ccccc2C)C(=O)N[C@](C)(C(C)(C)c2c[nH]c3cccc(C)c23)C(=O)N[C@@](C)(C(C)CC(C)(C)C(C)C)C(=O)N[C@@H](C(C)(C)O)C(=O)[N+]1=N)C([2H])(C)O. The molecule has 508 valence electrons. The van der Waals surface area contributed by atoms with Crippen molar-refractivity contribution in [2.75, 3.05) is 12.8 Å². The lowest BCUT2D eigenvalue weighted by molar-refractivity contribution is -0.556. The Hall–Kier alpha value is -6.17. The number of carbonyl (C=O) groups is 7. The third kappa shape index (κ3) is 15.5. The minimum absolute atomic E-state index is 0.0185. The minimum atomic E-state index is -4.18. The molecule has 1 aliphatic heterocycles. The second kappa shape index (κ2) is 28.8. The molecule has 7 amide bonds. The maximum Gasteiger partial charge on any atom is 0.437 e. The summed E-state index contributed by atoms with van der Waals surface area (Å²) in [5, 5.41) is 55.3. The summed E-state index contributed by atoms with van der Waals surface area (Å²) in [6.07, 6.45) is -5.74. The molecule has 0 bridgehead atoms. The van der Waals surface area contributed by atoms with Gasteiger partial charge in [-0.1, -0.05) is 150 Å². The van der Waals surface area contributed by atoms with Crippen LogP contribution in [-0.2, 0) is 39.0 Å². The second-order valence-electron chi connectivity index (χ2n) is 28.5. The monoisotopic (exact) mass is 1320 g/mol. The van der Waals surface area contributed by atoms with Crippen LogP contribution in [0.4, 0.5) is 0 Å². The van der Waals surface area contributed by atoms with Gasteiger partial charge >= 0.3 is 5.91 Å². The van der Waals surface area contributed by atoms with Crippen molar-refractivity contribution in [3.05, 3.63) is 106 Å². The molecule has 20 nitrogen and oxygen atoms in total. The van der Waals surface area contributed by atoms with E-state index in [0.29, 0.717) is 34.4 Å². The molecule has 1 aromatic heterocycles. The summed E-state index contributed by atoms with van der Waals surface area (Å²) in [4.78, 5) is 115. The fourth-order valence-corrected chi connectivity index (χ4v) is 15.0. The number of aryl methyl sites for hydroxylation is 3. The summed E-state index contributed by atoms with van der Waals surface area (Å²) in [6.45, 7) is 30.3. The van der Waals surface area contributed by atoms with Gasteiger partial charge in [-0.3, -0.25) is 28.8 Å². The molecule has 0 radical (unpaired) electrons. The van der Waals surface area contributed by atoms with Crippen molar-refractivity contribution < 1.29 is 61.8 Å².